The summed E-state index contributed by atoms with van der Waals surface area (Å²) in [5.41, 5.74) is 1.25. The smallest absolute Gasteiger partial charge is 0.310 e. The van der Waals surface area contributed by atoms with Gasteiger partial charge in [0, 0.05) is 32.0 Å². The van der Waals surface area contributed by atoms with Crippen LogP contribution in [0.15, 0.2) is 35.6 Å². The molecule has 3 rings (SSSR count). The number of nitrogens with one attached hydrogen (secondary N) is 1. The van der Waals surface area contributed by atoms with Crippen LogP contribution in [0.25, 0.3) is 5.69 Å². The van der Waals surface area contributed by atoms with E-state index in [9.17, 15) is 9.18 Å². The van der Waals surface area contributed by atoms with E-state index in [0.29, 0.717) is 31.9 Å². The number of aromatic nitrogens is 2. The van der Waals surface area contributed by atoms with Crippen molar-refractivity contribution in [1.82, 2.24) is 19.8 Å². The van der Waals surface area contributed by atoms with Gasteiger partial charge in [-0.25, -0.2) is 14.4 Å². The third-order valence-electron chi connectivity index (χ3n) is 5.18. The molecule has 1 N–H and O–H groups in total. The first-order valence-corrected chi connectivity index (χ1v) is 10.5. The zero-order chi connectivity index (χ0) is 21.5. The third kappa shape index (κ3) is 6.41. The fourth-order valence-electron chi connectivity index (χ4n) is 3.69. The maximum atomic E-state index is 14.7. The number of rotatable bonds is 6. The van der Waals surface area contributed by atoms with Gasteiger partial charge in [-0.1, -0.05) is 6.07 Å². The van der Waals surface area contributed by atoms with Crippen molar-refractivity contribution >= 4 is 35.9 Å². The molecule has 1 aliphatic rings. The number of nitrogens with zero attached hydrogens (tertiary/aromatic N) is 4. The predicted molar refractivity (Wildman–Crippen MR) is 129 cm³/mol. The van der Waals surface area contributed by atoms with Gasteiger partial charge in [0.15, 0.2) is 5.96 Å². The molecular formula is C22H31FIN5O2. The topological polar surface area (TPSA) is 71.8 Å². The number of aliphatic imine (C=N–C) groups is 1. The summed E-state index contributed by atoms with van der Waals surface area (Å²) in [4.78, 5) is 23.1. The molecule has 1 aromatic heterocycles. The van der Waals surface area contributed by atoms with Crippen molar-refractivity contribution in [1.29, 1.82) is 0 Å². The number of imidazole rings is 1. The highest BCUT2D eigenvalue weighted by Gasteiger charge is 2.28. The van der Waals surface area contributed by atoms with Crippen LogP contribution in [0.4, 0.5) is 4.39 Å². The molecule has 0 radical (unpaired) electrons. The molecule has 1 saturated heterocycles. The fourth-order valence-corrected chi connectivity index (χ4v) is 3.69. The zero-order valence-electron chi connectivity index (χ0n) is 18.3. The normalized spacial score (nSPS) is 16.6. The lowest BCUT2D eigenvalue weighted by Gasteiger charge is -2.34. The van der Waals surface area contributed by atoms with Gasteiger partial charge in [-0.15, -0.1) is 24.0 Å². The second kappa shape index (κ2) is 12.0. The predicted octanol–water partition coefficient (Wildman–Crippen LogP) is 3.68. The van der Waals surface area contributed by atoms with Crippen molar-refractivity contribution in [2.75, 3.05) is 26.2 Å². The van der Waals surface area contributed by atoms with Gasteiger partial charge >= 0.3 is 5.97 Å². The lowest BCUT2D eigenvalue weighted by Crippen LogP contribution is -2.48. The van der Waals surface area contributed by atoms with Crippen LogP contribution in [0, 0.1) is 18.7 Å². The number of benzene rings is 1. The minimum Gasteiger partial charge on any atom is -0.466 e. The van der Waals surface area contributed by atoms with Crippen LogP contribution >= 0.6 is 24.0 Å². The van der Waals surface area contributed by atoms with Crippen molar-refractivity contribution in [2.45, 2.75) is 40.2 Å². The number of hydrogen-bond donors (Lipinski definition) is 1. The molecule has 9 heteroatoms. The standard InChI is InChI=1S/C22H30FN5O2.HI/c1-4-24-22(27-11-6-7-18(15-27)21(29)30-5-2)26-14-17-8-9-20(19(23)13-17)28-12-10-25-16(28)3;/h8-10,12-13,18H,4-7,11,14-15H2,1-3H3,(H,24,26);1H. The largest absolute Gasteiger partial charge is 0.466 e. The first-order chi connectivity index (χ1) is 14.5. The first-order valence-electron chi connectivity index (χ1n) is 10.5. The Morgan fingerprint density at radius 1 is 1.39 bits per heavy atom. The molecule has 0 amide bonds. The van der Waals surface area contributed by atoms with Crippen molar-refractivity contribution in [3.8, 4) is 5.69 Å². The second-order valence-electron chi connectivity index (χ2n) is 7.34. The van der Waals surface area contributed by atoms with Gasteiger partial charge in [-0.05, 0) is 51.3 Å². The lowest BCUT2D eigenvalue weighted by molar-refractivity contribution is -0.149. The second-order valence-corrected chi connectivity index (χ2v) is 7.34. The number of carbonyl (C=O) groups is 1. The van der Waals surface area contributed by atoms with Crippen molar-refractivity contribution in [2.24, 2.45) is 10.9 Å². The van der Waals surface area contributed by atoms with E-state index in [2.05, 4.69) is 15.2 Å². The van der Waals surface area contributed by atoms with Crippen molar-refractivity contribution in [3.05, 3.63) is 47.8 Å². The summed E-state index contributed by atoms with van der Waals surface area (Å²) in [5.74, 6) is 0.870. The van der Waals surface area contributed by atoms with Crippen LogP contribution in [0.1, 0.15) is 38.1 Å². The maximum Gasteiger partial charge on any atom is 0.310 e. The highest BCUT2D eigenvalue weighted by Crippen LogP contribution is 2.20. The molecule has 7 nitrogen and oxygen atoms in total. The molecule has 1 unspecified atom stereocenters. The zero-order valence-corrected chi connectivity index (χ0v) is 20.6. The molecule has 0 saturated carbocycles. The average molecular weight is 543 g/mol. The number of piperidine rings is 1. The Hall–Kier alpha value is -2.17. The SMILES string of the molecule is CCNC(=NCc1ccc(-n2ccnc2C)c(F)c1)N1CCCC(C(=O)OCC)C1.I. The number of likely N-dealkylation sites (tertiary alicyclic amines) is 1. The van der Waals surface area contributed by atoms with E-state index in [0.717, 1.165) is 36.7 Å². The summed E-state index contributed by atoms with van der Waals surface area (Å²) < 4.78 is 21.6. The van der Waals surface area contributed by atoms with E-state index in [1.165, 1.54) is 6.07 Å². The van der Waals surface area contributed by atoms with E-state index in [1.807, 2.05) is 26.8 Å². The van der Waals surface area contributed by atoms with Crippen LogP contribution in [0.3, 0.4) is 0 Å². The van der Waals surface area contributed by atoms with Gasteiger partial charge in [0.25, 0.3) is 0 Å². The van der Waals surface area contributed by atoms with Crippen LogP contribution in [0.5, 0.6) is 0 Å². The van der Waals surface area contributed by atoms with E-state index in [1.54, 1.807) is 23.0 Å². The van der Waals surface area contributed by atoms with Gasteiger partial charge in [0.2, 0.25) is 0 Å². The van der Waals surface area contributed by atoms with E-state index >= 15 is 0 Å². The van der Waals surface area contributed by atoms with Crippen molar-refractivity contribution < 1.29 is 13.9 Å². The summed E-state index contributed by atoms with van der Waals surface area (Å²) in [6, 6.07) is 5.14. The van der Waals surface area contributed by atoms with Crippen LogP contribution in [0.2, 0.25) is 0 Å². The molecule has 170 valence electrons. The molecular weight excluding hydrogens is 512 g/mol. The number of halogens is 2. The van der Waals surface area contributed by atoms with E-state index in [-0.39, 0.29) is 41.7 Å². The lowest BCUT2D eigenvalue weighted by atomic mass is 9.98. The van der Waals surface area contributed by atoms with E-state index in [4.69, 9.17) is 9.73 Å². The molecule has 1 aromatic carbocycles. The molecule has 0 aliphatic carbocycles. The molecule has 2 aromatic rings. The highest BCUT2D eigenvalue weighted by molar-refractivity contribution is 14.0. The van der Waals surface area contributed by atoms with Gasteiger partial charge in [-0.2, -0.15) is 0 Å². The number of aryl methyl sites for hydroxylation is 1. The number of carbonyl (C=O) groups excluding carboxylic acids is 1. The third-order valence-corrected chi connectivity index (χ3v) is 5.18. The number of hydrogen-bond acceptors (Lipinski definition) is 4. The number of guanidine groups is 1. The fraction of sp³-hybridized carbons (Fsp3) is 0.500. The summed E-state index contributed by atoms with van der Waals surface area (Å²) in [5, 5.41) is 3.29. The van der Waals surface area contributed by atoms with Gasteiger partial charge in [0.1, 0.15) is 11.6 Å². The first kappa shape index (κ1) is 25.1. The molecule has 0 spiro atoms. The van der Waals surface area contributed by atoms with Crippen LogP contribution in [-0.2, 0) is 16.1 Å². The molecule has 31 heavy (non-hydrogen) atoms. The Balaban J connectivity index is 0.00000341. The molecule has 0 bridgehead atoms. The summed E-state index contributed by atoms with van der Waals surface area (Å²) >= 11 is 0. The minimum atomic E-state index is -0.311. The summed E-state index contributed by atoms with van der Waals surface area (Å²) in [6.45, 7) is 8.53. The summed E-state index contributed by atoms with van der Waals surface area (Å²) in [6.07, 6.45) is 5.12. The average Bonchev–Trinajstić information content (AvgIpc) is 3.17. The Morgan fingerprint density at radius 3 is 2.84 bits per heavy atom. The van der Waals surface area contributed by atoms with Gasteiger partial charge < -0.3 is 19.5 Å². The van der Waals surface area contributed by atoms with Crippen molar-refractivity contribution in [3.63, 3.8) is 0 Å². The Kier molecular flexibility index (Phi) is 9.73. The minimum absolute atomic E-state index is 0. The van der Waals surface area contributed by atoms with Crippen LogP contribution < -0.4 is 5.32 Å². The molecule has 1 atom stereocenters. The number of ether oxygens (including phenoxy) is 1. The Labute approximate surface area is 200 Å². The van der Waals surface area contributed by atoms with Gasteiger partial charge in [-0.3, -0.25) is 4.79 Å². The molecule has 2 heterocycles. The quantitative estimate of drug-likeness (QED) is 0.261. The van der Waals surface area contributed by atoms with Crippen LogP contribution in [-0.4, -0.2) is 52.6 Å². The number of esters is 1. The van der Waals surface area contributed by atoms with E-state index < -0.39 is 0 Å². The Bertz CT molecular complexity index is 902. The molecule has 1 aliphatic heterocycles. The Morgan fingerprint density at radius 2 is 2.19 bits per heavy atom. The summed E-state index contributed by atoms with van der Waals surface area (Å²) in [7, 11) is 0. The highest BCUT2D eigenvalue weighted by atomic mass is 127. The monoisotopic (exact) mass is 543 g/mol. The maximum absolute atomic E-state index is 14.7. The molecule has 1 fully saturated rings. The van der Waals surface area contributed by atoms with Gasteiger partial charge in [0.05, 0.1) is 24.8 Å².